The molecule has 0 saturated heterocycles. The molecule has 0 amide bonds. The van der Waals surface area contributed by atoms with Crippen molar-refractivity contribution in [3.05, 3.63) is 62.1 Å². The average Bonchev–Trinajstić information content (AvgIpc) is 2.61. The van der Waals surface area contributed by atoms with Gasteiger partial charge in [0.15, 0.2) is 11.5 Å². The first-order chi connectivity index (χ1) is 12.1. The van der Waals surface area contributed by atoms with Crippen molar-refractivity contribution in [1.82, 2.24) is 9.66 Å². The number of hydrogen-bond acceptors (Lipinski definition) is 5. The van der Waals surface area contributed by atoms with E-state index >= 15 is 0 Å². The van der Waals surface area contributed by atoms with Gasteiger partial charge >= 0.3 is 0 Å². The van der Waals surface area contributed by atoms with E-state index in [0.717, 1.165) is 4.68 Å². The minimum Gasteiger partial charge on any atom is -0.486 e. The fraction of sp³-hybridized carbons (Fsp3) is 0.118. The number of aromatic nitrogens is 2. The van der Waals surface area contributed by atoms with Gasteiger partial charge in [0, 0.05) is 0 Å². The predicted molar refractivity (Wildman–Crippen MR) is 98.8 cm³/mol. The second-order valence-corrected chi connectivity index (χ2v) is 6.16. The highest BCUT2D eigenvalue weighted by atomic mass is 35.5. The van der Waals surface area contributed by atoms with E-state index in [9.17, 15) is 4.79 Å². The summed E-state index contributed by atoms with van der Waals surface area (Å²) in [5, 5.41) is 5.14. The molecule has 1 N–H and O–H groups in total. The Morgan fingerprint density at radius 2 is 2.04 bits per heavy atom. The Morgan fingerprint density at radius 1 is 1.24 bits per heavy atom. The summed E-state index contributed by atoms with van der Waals surface area (Å²) < 4.78 is 12.4. The van der Waals surface area contributed by atoms with Crippen molar-refractivity contribution in [3.63, 3.8) is 0 Å². The van der Waals surface area contributed by atoms with Gasteiger partial charge in [-0.2, -0.15) is 9.78 Å². The number of aromatic amines is 1. The van der Waals surface area contributed by atoms with Crippen LogP contribution in [0.1, 0.15) is 5.56 Å². The van der Waals surface area contributed by atoms with E-state index in [2.05, 4.69) is 10.1 Å². The largest absolute Gasteiger partial charge is 0.486 e. The molecule has 0 aliphatic carbocycles. The van der Waals surface area contributed by atoms with Crippen molar-refractivity contribution in [2.24, 2.45) is 5.10 Å². The first kappa shape index (κ1) is 15.9. The maximum Gasteiger partial charge on any atom is 0.282 e. The fourth-order valence-electron chi connectivity index (χ4n) is 2.59. The number of ether oxygens (including phenoxy) is 2. The molecule has 0 fully saturated rings. The van der Waals surface area contributed by atoms with Gasteiger partial charge in [-0.3, -0.25) is 4.79 Å². The summed E-state index contributed by atoms with van der Waals surface area (Å²) in [5.41, 5.74) is 1.05. The Labute approximate surface area is 152 Å². The molecular formula is C17H12ClN3O3S. The topological polar surface area (TPSA) is 68.6 Å². The number of hydrogen-bond donors (Lipinski definition) is 1. The maximum atomic E-state index is 12.6. The molecule has 0 atom stereocenters. The SMILES string of the molecule is O=c1c2ccccc2[nH]c(=S)n1/N=C\c1cc(Cl)c2c(c1)OCCO2. The van der Waals surface area contributed by atoms with Crippen LogP contribution >= 0.6 is 23.8 Å². The van der Waals surface area contributed by atoms with Crippen LogP contribution in [-0.2, 0) is 0 Å². The van der Waals surface area contributed by atoms with Gasteiger partial charge in [-0.25, -0.2) is 0 Å². The molecule has 0 bridgehead atoms. The van der Waals surface area contributed by atoms with Gasteiger partial charge in [0.05, 0.1) is 22.1 Å². The van der Waals surface area contributed by atoms with Crippen LogP contribution in [-0.4, -0.2) is 29.1 Å². The summed E-state index contributed by atoms with van der Waals surface area (Å²) >= 11 is 11.4. The van der Waals surface area contributed by atoms with Crippen LogP contribution in [0.25, 0.3) is 10.9 Å². The van der Waals surface area contributed by atoms with Crippen molar-refractivity contribution < 1.29 is 9.47 Å². The van der Waals surface area contributed by atoms with Crippen LogP contribution < -0.4 is 15.0 Å². The zero-order chi connectivity index (χ0) is 17.4. The summed E-state index contributed by atoms with van der Waals surface area (Å²) in [6.45, 7) is 0.918. The summed E-state index contributed by atoms with van der Waals surface area (Å²) in [5.74, 6) is 1.07. The van der Waals surface area contributed by atoms with Crippen LogP contribution in [0.15, 0.2) is 46.3 Å². The van der Waals surface area contributed by atoms with Crippen LogP contribution in [0.3, 0.4) is 0 Å². The minimum absolute atomic E-state index is 0.212. The summed E-state index contributed by atoms with van der Waals surface area (Å²) in [6.07, 6.45) is 1.50. The zero-order valence-electron chi connectivity index (χ0n) is 12.9. The molecule has 6 nitrogen and oxygen atoms in total. The van der Waals surface area contributed by atoms with Gasteiger partial charge in [0.2, 0.25) is 4.77 Å². The third-order valence-electron chi connectivity index (χ3n) is 3.73. The molecule has 0 saturated carbocycles. The molecule has 126 valence electrons. The minimum atomic E-state index is -0.292. The Morgan fingerprint density at radius 3 is 2.92 bits per heavy atom. The molecule has 0 radical (unpaired) electrons. The molecule has 0 unspecified atom stereocenters. The van der Waals surface area contributed by atoms with Crippen LogP contribution in [0.5, 0.6) is 11.5 Å². The molecule has 3 aromatic rings. The highest BCUT2D eigenvalue weighted by Crippen LogP contribution is 2.37. The molecule has 25 heavy (non-hydrogen) atoms. The lowest BCUT2D eigenvalue weighted by atomic mass is 10.2. The third-order valence-corrected chi connectivity index (χ3v) is 4.28. The number of para-hydroxylation sites is 1. The smallest absolute Gasteiger partial charge is 0.282 e. The summed E-state index contributed by atoms with van der Waals surface area (Å²) in [6, 6.07) is 10.6. The number of rotatable bonds is 2. The molecule has 1 aliphatic heterocycles. The highest BCUT2D eigenvalue weighted by molar-refractivity contribution is 7.71. The van der Waals surface area contributed by atoms with Crippen LogP contribution in [0.4, 0.5) is 0 Å². The molecule has 1 aliphatic rings. The van der Waals surface area contributed by atoms with Crippen molar-refractivity contribution in [3.8, 4) is 11.5 Å². The Bertz CT molecular complexity index is 1120. The van der Waals surface area contributed by atoms with Gasteiger partial charge < -0.3 is 14.5 Å². The van der Waals surface area contributed by atoms with Gasteiger partial charge in [0.25, 0.3) is 5.56 Å². The lowest BCUT2D eigenvalue weighted by Gasteiger charge is -2.19. The Balaban J connectivity index is 1.78. The molecule has 4 rings (SSSR count). The average molecular weight is 374 g/mol. The number of nitrogens with zero attached hydrogens (tertiary/aromatic N) is 2. The normalized spacial score (nSPS) is 13.5. The second kappa shape index (κ2) is 6.34. The van der Waals surface area contributed by atoms with E-state index in [-0.39, 0.29) is 10.3 Å². The fourth-order valence-corrected chi connectivity index (χ4v) is 3.10. The van der Waals surface area contributed by atoms with Crippen molar-refractivity contribution >= 4 is 40.9 Å². The maximum absolute atomic E-state index is 12.6. The molecule has 8 heteroatoms. The number of benzene rings is 2. The molecule has 2 heterocycles. The van der Waals surface area contributed by atoms with E-state index in [1.165, 1.54) is 6.21 Å². The predicted octanol–water partition coefficient (Wildman–Crippen LogP) is 3.37. The Hall–Kier alpha value is -2.64. The quantitative estimate of drug-likeness (QED) is 0.552. The van der Waals surface area contributed by atoms with Crippen LogP contribution in [0, 0.1) is 4.77 Å². The number of H-pyrrole nitrogens is 1. The monoisotopic (exact) mass is 373 g/mol. The first-order valence-corrected chi connectivity index (χ1v) is 8.30. The van der Waals surface area contributed by atoms with E-state index < -0.39 is 0 Å². The van der Waals surface area contributed by atoms with E-state index in [1.54, 1.807) is 30.3 Å². The van der Waals surface area contributed by atoms with E-state index in [1.807, 2.05) is 6.07 Å². The second-order valence-electron chi connectivity index (χ2n) is 5.36. The molecule has 1 aromatic heterocycles. The van der Waals surface area contributed by atoms with E-state index in [0.29, 0.717) is 46.2 Å². The molecule has 2 aromatic carbocycles. The highest BCUT2D eigenvalue weighted by Gasteiger charge is 2.16. The Kier molecular flexibility index (Phi) is 4.03. The molecular weight excluding hydrogens is 362 g/mol. The van der Waals surface area contributed by atoms with Crippen molar-refractivity contribution in [2.75, 3.05) is 13.2 Å². The lowest BCUT2D eigenvalue weighted by Crippen LogP contribution is -2.19. The number of halogens is 1. The van der Waals surface area contributed by atoms with Crippen molar-refractivity contribution in [1.29, 1.82) is 0 Å². The standard InChI is InChI=1S/C17H12ClN3O3S/c18-12-7-10(8-14-15(12)24-6-5-23-14)9-19-21-16(22)11-3-1-2-4-13(11)20-17(21)25/h1-4,7-9H,5-6H2,(H,20,25)/b19-9-. The van der Waals surface area contributed by atoms with Crippen LogP contribution in [0.2, 0.25) is 5.02 Å². The van der Waals surface area contributed by atoms with Gasteiger partial charge in [-0.1, -0.05) is 23.7 Å². The van der Waals surface area contributed by atoms with Gasteiger partial charge in [-0.05, 0) is 42.0 Å². The van der Waals surface area contributed by atoms with E-state index in [4.69, 9.17) is 33.3 Å². The zero-order valence-corrected chi connectivity index (χ0v) is 14.4. The summed E-state index contributed by atoms with van der Waals surface area (Å²) in [4.78, 5) is 15.6. The third kappa shape index (κ3) is 2.92. The van der Waals surface area contributed by atoms with Gasteiger partial charge in [-0.15, -0.1) is 0 Å². The summed E-state index contributed by atoms with van der Waals surface area (Å²) in [7, 11) is 0. The van der Waals surface area contributed by atoms with Crippen molar-refractivity contribution in [2.45, 2.75) is 0 Å². The lowest BCUT2D eigenvalue weighted by molar-refractivity contribution is 0.171. The number of fused-ring (bicyclic) bond motifs is 2. The number of nitrogens with one attached hydrogen (secondary N) is 1. The van der Waals surface area contributed by atoms with Gasteiger partial charge in [0.1, 0.15) is 13.2 Å². The molecule has 0 spiro atoms. The first-order valence-electron chi connectivity index (χ1n) is 7.51.